The Balaban J connectivity index is 1.46. The Morgan fingerprint density at radius 3 is 2.38 bits per heavy atom. The normalized spacial score (nSPS) is 21.9. The second-order valence-electron chi connectivity index (χ2n) is 11.9. The average Bonchev–Trinajstić information content (AvgIpc) is 3.22. The minimum Gasteiger partial charge on any atom is -0.448 e. The number of aromatic amines is 1. The van der Waals surface area contributed by atoms with Crippen LogP contribution in [0, 0.1) is 39.0 Å². The van der Waals surface area contributed by atoms with Crippen molar-refractivity contribution in [2.45, 2.75) is 98.1 Å². The van der Waals surface area contributed by atoms with Crippen molar-refractivity contribution in [2.75, 3.05) is 0 Å². The number of rotatable bonds is 5. The first-order valence-electron chi connectivity index (χ1n) is 13.7. The van der Waals surface area contributed by atoms with E-state index < -0.39 is 17.5 Å². The highest BCUT2D eigenvalue weighted by Crippen LogP contribution is 2.50. The largest absolute Gasteiger partial charge is 0.448 e. The summed E-state index contributed by atoms with van der Waals surface area (Å²) in [5.41, 5.74) is 2.70. The second kappa shape index (κ2) is 10.9. The highest BCUT2D eigenvalue weighted by molar-refractivity contribution is 5.97. The molecular formula is C31H39N3O6. The molecule has 1 saturated carbocycles. The summed E-state index contributed by atoms with van der Waals surface area (Å²) in [6, 6.07) is 3.51. The molecule has 1 aliphatic heterocycles. The smallest absolute Gasteiger partial charge is 0.407 e. The fourth-order valence-electron chi connectivity index (χ4n) is 5.49. The summed E-state index contributed by atoms with van der Waals surface area (Å²) in [6.45, 7) is 12.9. The summed E-state index contributed by atoms with van der Waals surface area (Å²) in [4.78, 5) is 40.6. The van der Waals surface area contributed by atoms with Crippen LogP contribution in [0.2, 0.25) is 0 Å². The summed E-state index contributed by atoms with van der Waals surface area (Å²) in [7, 11) is 0. The number of nitrogens with one attached hydrogen (secondary N) is 3. The Kier molecular flexibility index (Phi) is 7.93. The third kappa shape index (κ3) is 6.11. The SMILES string of the molecule is C#Cc1cc(C(=O)NCc2c(C)cc(C)[nH]c2=O)c(C)c2c1OC(C)([C@H]1CC[C@H](NC(=O)OC(C)(C)C)CC1)O2. The molecule has 3 N–H and O–H groups in total. The van der Waals surface area contributed by atoms with E-state index >= 15 is 0 Å². The summed E-state index contributed by atoms with van der Waals surface area (Å²) in [5, 5.41) is 5.81. The molecule has 1 fully saturated rings. The summed E-state index contributed by atoms with van der Waals surface area (Å²) in [6.07, 6.45) is 8.47. The van der Waals surface area contributed by atoms with E-state index in [0.29, 0.717) is 33.8 Å². The molecule has 2 aliphatic rings. The number of H-pyrrole nitrogens is 1. The zero-order chi connectivity index (χ0) is 29.4. The van der Waals surface area contributed by atoms with Crippen LogP contribution in [-0.4, -0.2) is 34.4 Å². The van der Waals surface area contributed by atoms with Crippen molar-refractivity contribution in [3.8, 4) is 23.8 Å². The number of ether oxygens (including phenoxy) is 3. The van der Waals surface area contributed by atoms with Crippen LogP contribution in [0.5, 0.6) is 11.5 Å². The lowest BCUT2D eigenvalue weighted by atomic mass is 9.81. The molecule has 2 aromatic rings. The number of fused-ring (bicyclic) bond motifs is 1. The molecule has 0 bridgehead atoms. The zero-order valence-electron chi connectivity index (χ0n) is 24.4. The van der Waals surface area contributed by atoms with Gasteiger partial charge in [0.05, 0.1) is 5.56 Å². The first kappa shape index (κ1) is 29.1. The monoisotopic (exact) mass is 549 g/mol. The number of carbonyl (C=O) groups excluding carboxylic acids is 2. The third-order valence-corrected chi connectivity index (χ3v) is 7.60. The highest BCUT2D eigenvalue weighted by atomic mass is 16.7. The lowest BCUT2D eigenvalue weighted by Gasteiger charge is -2.37. The minimum atomic E-state index is -0.961. The van der Waals surface area contributed by atoms with Crippen molar-refractivity contribution in [1.82, 2.24) is 15.6 Å². The van der Waals surface area contributed by atoms with E-state index in [2.05, 4.69) is 21.5 Å². The molecule has 1 aromatic heterocycles. The van der Waals surface area contributed by atoms with Gasteiger partial charge in [0.1, 0.15) is 5.60 Å². The topological polar surface area (TPSA) is 119 Å². The first-order chi connectivity index (χ1) is 18.7. The fraction of sp³-hybridized carbons (Fsp3) is 0.516. The Morgan fingerprint density at radius 2 is 1.77 bits per heavy atom. The first-order valence-corrected chi connectivity index (χ1v) is 13.7. The van der Waals surface area contributed by atoms with Crippen molar-refractivity contribution in [2.24, 2.45) is 5.92 Å². The number of alkyl carbamates (subject to hydrolysis) is 1. The van der Waals surface area contributed by atoms with Gasteiger partial charge in [-0.2, -0.15) is 0 Å². The Bertz CT molecular complexity index is 1420. The maximum absolute atomic E-state index is 13.2. The van der Waals surface area contributed by atoms with E-state index in [0.717, 1.165) is 36.9 Å². The van der Waals surface area contributed by atoms with Gasteiger partial charge in [-0.25, -0.2) is 4.79 Å². The van der Waals surface area contributed by atoms with Gasteiger partial charge in [0.25, 0.3) is 17.3 Å². The van der Waals surface area contributed by atoms with Crippen LogP contribution in [0.15, 0.2) is 16.9 Å². The maximum atomic E-state index is 13.2. The van der Waals surface area contributed by atoms with Crippen LogP contribution in [0.3, 0.4) is 0 Å². The Morgan fingerprint density at radius 1 is 1.12 bits per heavy atom. The number of pyridine rings is 1. The zero-order valence-corrected chi connectivity index (χ0v) is 24.4. The molecule has 4 rings (SSSR count). The lowest BCUT2D eigenvalue weighted by molar-refractivity contribution is -0.121. The van der Waals surface area contributed by atoms with Gasteiger partial charge in [-0.05, 0) is 84.9 Å². The predicted molar refractivity (Wildman–Crippen MR) is 152 cm³/mol. The van der Waals surface area contributed by atoms with E-state index in [1.54, 1.807) is 13.0 Å². The van der Waals surface area contributed by atoms with E-state index in [1.807, 2.05) is 47.6 Å². The van der Waals surface area contributed by atoms with Gasteiger partial charge >= 0.3 is 6.09 Å². The van der Waals surface area contributed by atoms with Gasteiger partial charge in [0, 0.05) is 47.8 Å². The van der Waals surface area contributed by atoms with Crippen molar-refractivity contribution in [1.29, 1.82) is 0 Å². The Hall–Kier alpha value is -3.93. The number of hydrogen-bond donors (Lipinski definition) is 3. The number of aromatic nitrogens is 1. The molecule has 0 saturated heterocycles. The summed E-state index contributed by atoms with van der Waals surface area (Å²) in [5.74, 6) is 2.28. The highest BCUT2D eigenvalue weighted by Gasteiger charge is 2.47. The number of terminal acetylenes is 1. The predicted octanol–water partition coefficient (Wildman–Crippen LogP) is 4.78. The number of hydrogen-bond acceptors (Lipinski definition) is 6. The van der Waals surface area contributed by atoms with Gasteiger partial charge in [0.15, 0.2) is 11.5 Å². The van der Waals surface area contributed by atoms with Gasteiger partial charge in [-0.15, -0.1) is 6.42 Å². The van der Waals surface area contributed by atoms with E-state index in [1.165, 1.54) is 0 Å². The van der Waals surface area contributed by atoms with Crippen LogP contribution in [-0.2, 0) is 11.3 Å². The minimum absolute atomic E-state index is 0.0150. The van der Waals surface area contributed by atoms with Crippen molar-refractivity contribution < 1.29 is 23.8 Å². The Labute approximate surface area is 235 Å². The quantitative estimate of drug-likeness (QED) is 0.462. The van der Waals surface area contributed by atoms with Crippen LogP contribution < -0.4 is 25.7 Å². The van der Waals surface area contributed by atoms with E-state index in [-0.39, 0.29) is 30.0 Å². The summed E-state index contributed by atoms with van der Waals surface area (Å²) >= 11 is 0. The molecule has 2 heterocycles. The molecule has 2 amide bonds. The average molecular weight is 550 g/mol. The van der Waals surface area contributed by atoms with E-state index in [9.17, 15) is 14.4 Å². The molecule has 0 spiro atoms. The van der Waals surface area contributed by atoms with Crippen LogP contribution in [0.25, 0.3) is 0 Å². The molecule has 0 radical (unpaired) electrons. The molecule has 1 atom stereocenters. The van der Waals surface area contributed by atoms with Gasteiger partial charge in [0.2, 0.25) is 0 Å². The van der Waals surface area contributed by atoms with Crippen molar-refractivity contribution in [3.05, 3.63) is 56.0 Å². The molecular weight excluding hydrogens is 510 g/mol. The van der Waals surface area contributed by atoms with Crippen molar-refractivity contribution in [3.63, 3.8) is 0 Å². The number of aryl methyl sites for hydroxylation is 2. The fourth-order valence-corrected chi connectivity index (χ4v) is 5.49. The standard InChI is InChI=1S/C31H39N3O6/c1-9-20-15-23(27(35)32-16-24-17(2)14-18(3)33-28(24)36)19(4)25-26(20)39-31(8,38-25)21-10-12-22(13-11-21)34-29(37)40-30(5,6)7/h1,14-15,21-22H,10-13,16H2,2-8H3,(H,32,35)(H,33,36)(H,34,37)/t21-,22-,31?. The third-order valence-electron chi connectivity index (χ3n) is 7.60. The van der Waals surface area contributed by atoms with E-state index in [4.69, 9.17) is 20.6 Å². The molecule has 214 valence electrons. The summed E-state index contributed by atoms with van der Waals surface area (Å²) < 4.78 is 18.2. The molecule has 40 heavy (non-hydrogen) atoms. The number of benzene rings is 1. The molecule has 1 unspecified atom stereocenters. The lowest BCUT2D eigenvalue weighted by Crippen LogP contribution is -2.48. The molecule has 9 nitrogen and oxygen atoms in total. The van der Waals surface area contributed by atoms with Gasteiger partial charge in [-0.3, -0.25) is 9.59 Å². The second-order valence-corrected chi connectivity index (χ2v) is 11.9. The van der Waals surface area contributed by atoms with Crippen LogP contribution in [0.4, 0.5) is 4.79 Å². The maximum Gasteiger partial charge on any atom is 0.407 e. The molecule has 1 aliphatic carbocycles. The van der Waals surface area contributed by atoms with Crippen LogP contribution in [0.1, 0.15) is 91.7 Å². The van der Waals surface area contributed by atoms with Gasteiger partial charge in [-0.1, -0.05) is 5.92 Å². The van der Waals surface area contributed by atoms with Crippen LogP contribution >= 0.6 is 0 Å². The molecule has 1 aromatic carbocycles. The number of amides is 2. The molecule has 9 heteroatoms. The van der Waals surface area contributed by atoms with Crippen molar-refractivity contribution >= 4 is 12.0 Å². The van der Waals surface area contributed by atoms with Gasteiger partial charge < -0.3 is 29.8 Å². The number of carbonyl (C=O) groups is 2.